The molecule has 2 aromatic rings. The summed E-state index contributed by atoms with van der Waals surface area (Å²) in [6.45, 7) is 5.34. The Hall–Kier alpha value is -1.96. The predicted molar refractivity (Wildman–Crippen MR) is 96.2 cm³/mol. The number of nitrogens with zero attached hydrogens (tertiary/aromatic N) is 2. The van der Waals surface area contributed by atoms with Crippen molar-refractivity contribution in [1.29, 1.82) is 0 Å². The van der Waals surface area contributed by atoms with E-state index < -0.39 is 10.0 Å². The van der Waals surface area contributed by atoms with Crippen molar-refractivity contribution in [2.24, 2.45) is 0 Å². The molecular formula is C18H23N3O3S. The van der Waals surface area contributed by atoms with Crippen molar-refractivity contribution >= 4 is 10.0 Å². The summed E-state index contributed by atoms with van der Waals surface area (Å²) in [5, 5.41) is 3.27. The molecule has 6 nitrogen and oxygen atoms in total. The van der Waals surface area contributed by atoms with Gasteiger partial charge in [-0.1, -0.05) is 6.07 Å². The van der Waals surface area contributed by atoms with Gasteiger partial charge in [0.25, 0.3) is 0 Å². The van der Waals surface area contributed by atoms with Crippen LogP contribution in [0.15, 0.2) is 41.6 Å². The predicted octanol–water partition coefficient (Wildman–Crippen LogP) is 2.04. The highest BCUT2D eigenvalue weighted by molar-refractivity contribution is 7.89. The van der Waals surface area contributed by atoms with Crippen molar-refractivity contribution in [2.45, 2.75) is 24.8 Å². The molecule has 1 fully saturated rings. The molecule has 2 heterocycles. The van der Waals surface area contributed by atoms with E-state index in [0.717, 1.165) is 22.4 Å². The molecule has 0 radical (unpaired) electrons. The summed E-state index contributed by atoms with van der Waals surface area (Å²) in [5.74, 6) is 0.725. The van der Waals surface area contributed by atoms with Crippen LogP contribution in [0, 0.1) is 13.8 Å². The molecular weight excluding hydrogens is 338 g/mol. The van der Waals surface area contributed by atoms with E-state index in [1.807, 2.05) is 26.0 Å². The molecule has 1 saturated heterocycles. The van der Waals surface area contributed by atoms with E-state index in [-0.39, 0.29) is 6.04 Å². The Morgan fingerprint density at radius 3 is 2.60 bits per heavy atom. The van der Waals surface area contributed by atoms with Crippen molar-refractivity contribution < 1.29 is 13.2 Å². The average molecular weight is 361 g/mol. The molecule has 1 aromatic carbocycles. The van der Waals surface area contributed by atoms with E-state index in [1.54, 1.807) is 35.9 Å². The molecule has 0 aliphatic carbocycles. The molecule has 1 N–H and O–H groups in total. The summed E-state index contributed by atoms with van der Waals surface area (Å²) in [6.07, 6.45) is 3.42. The van der Waals surface area contributed by atoms with Gasteiger partial charge in [-0.15, -0.1) is 0 Å². The maximum atomic E-state index is 13.3. The molecule has 0 saturated carbocycles. The van der Waals surface area contributed by atoms with Gasteiger partial charge in [0.1, 0.15) is 5.75 Å². The third-order valence-corrected chi connectivity index (χ3v) is 6.39. The highest BCUT2D eigenvalue weighted by Crippen LogP contribution is 2.32. The minimum Gasteiger partial charge on any atom is -0.496 e. The molecule has 134 valence electrons. The first-order valence-electron chi connectivity index (χ1n) is 8.23. The fourth-order valence-electron chi connectivity index (χ4n) is 3.35. The zero-order valence-corrected chi connectivity index (χ0v) is 15.5. The Kier molecular flexibility index (Phi) is 5.08. The monoisotopic (exact) mass is 361 g/mol. The molecule has 7 heteroatoms. The largest absolute Gasteiger partial charge is 0.496 e. The van der Waals surface area contributed by atoms with Crippen molar-refractivity contribution in [2.75, 3.05) is 26.7 Å². The fraction of sp³-hybridized carbons (Fsp3) is 0.389. The van der Waals surface area contributed by atoms with E-state index in [4.69, 9.17) is 4.74 Å². The summed E-state index contributed by atoms with van der Waals surface area (Å²) in [4.78, 5) is 4.44. The second kappa shape index (κ2) is 7.11. The van der Waals surface area contributed by atoms with Crippen LogP contribution in [-0.4, -0.2) is 44.5 Å². The van der Waals surface area contributed by atoms with E-state index in [2.05, 4.69) is 10.3 Å². The lowest BCUT2D eigenvalue weighted by atomic mass is 10.1. The zero-order valence-electron chi connectivity index (χ0n) is 14.7. The molecule has 0 spiro atoms. The molecule has 0 bridgehead atoms. The van der Waals surface area contributed by atoms with Gasteiger partial charge in [0.05, 0.1) is 18.0 Å². The number of rotatable bonds is 4. The van der Waals surface area contributed by atoms with Gasteiger partial charge < -0.3 is 10.1 Å². The average Bonchev–Trinajstić information content (AvgIpc) is 2.62. The van der Waals surface area contributed by atoms with Crippen LogP contribution in [0.1, 0.15) is 22.7 Å². The number of hydrogen-bond donors (Lipinski definition) is 1. The Labute approximate surface area is 148 Å². The van der Waals surface area contributed by atoms with Crippen LogP contribution in [-0.2, 0) is 10.0 Å². The first kappa shape index (κ1) is 17.8. The van der Waals surface area contributed by atoms with E-state index in [9.17, 15) is 8.42 Å². The normalized spacial score (nSPS) is 18.9. The smallest absolute Gasteiger partial charge is 0.243 e. The first-order chi connectivity index (χ1) is 11.9. The molecule has 1 atom stereocenters. The van der Waals surface area contributed by atoms with Crippen LogP contribution < -0.4 is 10.1 Å². The lowest BCUT2D eigenvalue weighted by Crippen LogP contribution is -2.48. The maximum Gasteiger partial charge on any atom is 0.243 e. The van der Waals surface area contributed by atoms with Crippen molar-refractivity contribution in [1.82, 2.24) is 14.6 Å². The lowest BCUT2D eigenvalue weighted by Gasteiger charge is -2.35. The van der Waals surface area contributed by atoms with Crippen LogP contribution in [0.2, 0.25) is 0 Å². The van der Waals surface area contributed by atoms with Crippen LogP contribution in [0.4, 0.5) is 0 Å². The van der Waals surface area contributed by atoms with Gasteiger partial charge in [-0.25, -0.2) is 8.42 Å². The highest BCUT2D eigenvalue weighted by Gasteiger charge is 2.35. The maximum absolute atomic E-state index is 13.3. The second-order valence-corrected chi connectivity index (χ2v) is 8.10. The highest BCUT2D eigenvalue weighted by atomic mass is 32.2. The summed E-state index contributed by atoms with van der Waals surface area (Å²) < 4.78 is 33.5. The number of pyridine rings is 1. The first-order valence-corrected chi connectivity index (χ1v) is 9.67. The van der Waals surface area contributed by atoms with Crippen LogP contribution >= 0.6 is 0 Å². The van der Waals surface area contributed by atoms with Crippen LogP contribution in [0.3, 0.4) is 0 Å². The number of aromatic nitrogens is 1. The molecule has 0 amide bonds. The molecule has 1 aromatic heterocycles. The Balaban J connectivity index is 2.03. The van der Waals surface area contributed by atoms with Crippen molar-refractivity contribution in [3.05, 3.63) is 53.3 Å². The molecule has 1 aliphatic heterocycles. The minimum atomic E-state index is -3.62. The summed E-state index contributed by atoms with van der Waals surface area (Å²) >= 11 is 0. The SMILES string of the molecule is COc1c(C)cc(S(=O)(=O)N2CCNCC2c2cccnc2)cc1C. The topological polar surface area (TPSA) is 71.5 Å². The number of benzene rings is 1. The van der Waals surface area contributed by atoms with E-state index >= 15 is 0 Å². The number of piperazine rings is 1. The number of aryl methyl sites for hydroxylation is 2. The number of nitrogens with one attached hydrogen (secondary N) is 1. The van der Waals surface area contributed by atoms with Gasteiger partial charge >= 0.3 is 0 Å². The van der Waals surface area contributed by atoms with Crippen LogP contribution in [0.25, 0.3) is 0 Å². The van der Waals surface area contributed by atoms with Gasteiger partial charge in [-0.05, 0) is 48.7 Å². The Morgan fingerprint density at radius 1 is 1.28 bits per heavy atom. The minimum absolute atomic E-state index is 0.268. The molecule has 3 rings (SSSR count). The van der Waals surface area contributed by atoms with E-state index in [1.165, 1.54) is 0 Å². The van der Waals surface area contributed by atoms with Crippen molar-refractivity contribution in [3.63, 3.8) is 0 Å². The quantitative estimate of drug-likeness (QED) is 0.902. The second-order valence-electron chi connectivity index (χ2n) is 6.21. The van der Waals surface area contributed by atoms with Crippen molar-refractivity contribution in [3.8, 4) is 5.75 Å². The van der Waals surface area contributed by atoms with Gasteiger partial charge in [0, 0.05) is 32.0 Å². The summed E-state index contributed by atoms with van der Waals surface area (Å²) in [6, 6.07) is 6.84. The van der Waals surface area contributed by atoms with Gasteiger partial charge in [-0.3, -0.25) is 4.98 Å². The molecule has 1 aliphatic rings. The van der Waals surface area contributed by atoms with E-state index in [0.29, 0.717) is 24.5 Å². The number of sulfonamides is 1. The molecule has 25 heavy (non-hydrogen) atoms. The van der Waals surface area contributed by atoms with Gasteiger partial charge in [0.15, 0.2) is 0 Å². The zero-order chi connectivity index (χ0) is 18.0. The summed E-state index contributed by atoms with van der Waals surface area (Å²) in [5.41, 5.74) is 2.52. The fourth-order valence-corrected chi connectivity index (χ4v) is 5.13. The number of ether oxygens (including phenoxy) is 1. The third kappa shape index (κ3) is 3.40. The number of hydrogen-bond acceptors (Lipinski definition) is 5. The summed E-state index contributed by atoms with van der Waals surface area (Å²) in [7, 11) is -2.02. The Morgan fingerprint density at radius 2 is 2.00 bits per heavy atom. The van der Waals surface area contributed by atoms with Crippen LogP contribution in [0.5, 0.6) is 5.75 Å². The third-order valence-electron chi connectivity index (χ3n) is 4.51. The number of methoxy groups -OCH3 is 1. The van der Waals surface area contributed by atoms with Gasteiger partial charge in [-0.2, -0.15) is 4.31 Å². The van der Waals surface area contributed by atoms with Gasteiger partial charge in [0.2, 0.25) is 10.0 Å². The molecule has 1 unspecified atom stereocenters. The standard InChI is InChI=1S/C18H23N3O3S/c1-13-9-16(10-14(2)18(13)24-3)25(22,23)21-8-7-20-12-17(21)15-5-4-6-19-11-15/h4-6,9-11,17,20H,7-8,12H2,1-3H3. The lowest BCUT2D eigenvalue weighted by molar-refractivity contribution is 0.271. The Bertz CT molecular complexity index is 830.